The highest BCUT2D eigenvalue weighted by Crippen LogP contribution is 2.24. The number of amidine groups is 1. The average Bonchev–Trinajstić information content (AvgIpc) is 2.97. The molecule has 1 saturated heterocycles. The van der Waals surface area contributed by atoms with Gasteiger partial charge in [-0.15, -0.1) is 5.10 Å². The Morgan fingerprint density at radius 3 is 2.58 bits per heavy atom. The van der Waals surface area contributed by atoms with E-state index < -0.39 is 0 Å². The average molecular weight is 366 g/mol. The molecule has 0 unspecified atom stereocenters. The maximum absolute atomic E-state index is 12.2. The predicted molar refractivity (Wildman–Crippen MR) is 110 cm³/mol. The summed E-state index contributed by atoms with van der Waals surface area (Å²) in [6, 6.07) is 16.2. The van der Waals surface area contributed by atoms with Gasteiger partial charge in [0.05, 0.1) is 11.5 Å². The lowest BCUT2D eigenvalue weighted by molar-refractivity contribution is -0.118. The first-order valence-electron chi connectivity index (χ1n) is 8.43. The fourth-order valence-corrected chi connectivity index (χ4v) is 3.58. The first kappa shape index (κ1) is 18.2. The molecule has 1 aliphatic heterocycles. The molecular formula is C20H22N4OS. The van der Waals surface area contributed by atoms with Gasteiger partial charge < -0.3 is 10.2 Å². The molecule has 2 aromatic carbocycles. The molecule has 0 saturated carbocycles. The molecule has 3 rings (SSSR count). The summed E-state index contributed by atoms with van der Waals surface area (Å²) in [5.74, 6) is -0.0115. The van der Waals surface area contributed by atoms with Crippen LogP contribution in [-0.2, 0) is 11.2 Å². The lowest BCUT2D eigenvalue weighted by Crippen LogP contribution is -2.26. The lowest BCUT2D eigenvalue weighted by Gasteiger charge is -2.11. The van der Waals surface area contributed by atoms with Gasteiger partial charge in [0.2, 0.25) is 5.91 Å². The highest BCUT2D eigenvalue weighted by Gasteiger charge is 2.30. The molecule has 2 aromatic rings. The monoisotopic (exact) mass is 366 g/mol. The van der Waals surface area contributed by atoms with E-state index in [0.29, 0.717) is 11.6 Å². The van der Waals surface area contributed by atoms with Crippen LogP contribution in [0.5, 0.6) is 0 Å². The Labute approximate surface area is 158 Å². The zero-order valence-electron chi connectivity index (χ0n) is 15.1. The third-order valence-corrected chi connectivity index (χ3v) is 5.28. The van der Waals surface area contributed by atoms with Crippen LogP contribution in [0.25, 0.3) is 0 Å². The van der Waals surface area contributed by atoms with Crippen LogP contribution in [-0.4, -0.2) is 36.6 Å². The molecule has 134 valence electrons. The number of aryl methyl sites for hydroxylation is 1. The van der Waals surface area contributed by atoms with E-state index in [1.807, 2.05) is 55.4 Å². The van der Waals surface area contributed by atoms with Crippen molar-refractivity contribution in [1.29, 1.82) is 0 Å². The highest BCUT2D eigenvalue weighted by molar-refractivity contribution is 8.15. The van der Waals surface area contributed by atoms with E-state index in [1.165, 1.54) is 22.9 Å². The van der Waals surface area contributed by atoms with Crippen molar-refractivity contribution in [3.05, 3.63) is 65.2 Å². The molecule has 0 spiro atoms. The number of nitrogens with one attached hydrogen (secondary N) is 1. The summed E-state index contributed by atoms with van der Waals surface area (Å²) in [5.41, 5.74) is 4.48. The van der Waals surface area contributed by atoms with Crippen LogP contribution in [0, 0.1) is 6.92 Å². The van der Waals surface area contributed by atoms with Crippen LogP contribution < -0.4 is 10.2 Å². The zero-order chi connectivity index (χ0) is 18.5. The van der Waals surface area contributed by atoms with Crippen molar-refractivity contribution in [2.45, 2.75) is 18.6 Å². The van der Waals surface area contributed by atoms with Crippen molar-refractivity contribution < 1.29 is 4.79 Å². The van der Waals surface area contributed by atoms with Gasteiger partial charge in [-0.1, -0.05) is 48.2 Å². The molecule has 1 aliphatic rings. The van der Waals surface area contributed by atoms with E-state index in [-0.39, 0.29) is 11.2 Å². The molecule has 1 fully saturated rings. The van der Waals surface area contributed by atoms with Crippen LogP contribution in [0.1, 0.15) is 16.7 Å². The van der Waals surface area contributed by atoms with E-state index >= 15 is 0 Å². The Balaban J connectivity index is 1.61. The van der Waals surface area contributed by atoms with Crippen molar-refractivity contribution in [2.75, 3.05) is 19.0 Å². The fourth-order valence-electron chi connectivity index (χ4n) is 2.63. The van der Waals surface area contributed by atoms with E-state index in [9.17, 15) is 4.79 Å². The van der Waals surface area contributed by atoms with Crippen LogP contribution in [0.15, 0.2) is 58.7 Å². The molecule has 26 heavy (non-hydrogen) atoms. The van der Waals surface area contributed by atoms with Crippen molar-refractivity contribution in [2.24, 2.45) is 10.2 Å². The number of anilines is 1. The minimum atomic E-state index is -0.163. The Morgan fingerprint density at radius 1 is 1.15 bits per heavy atom. The van der Waals surface area contributed by atoms with Crippen molar-refractivity contribution in [3.63, 3.8) is 0 Å². The van der Waals surface area contributed by atoms with E-state index in [2.05, 4.69) is 34.6 Å². The molecule has 5 nitrogen and oxygen atoms in total. The Kier molecular flexibility index (Phi) is 5.73. The second-order valence-corrected chi connectivity index (χ2v) is 7.55. The number of amides is 1. The third-order valence-electron chi connectivity index (χ3n) is 4.21. The van der Waals surface area contributed by atoms with Gasteiger partial charge in [-0.2, -0.15) is 5.10 Å². The minimum Gasteiger partial charge on any atom is -0.378 e. The Hall–Kier alpha value is -2.60. The summed E-state index contributed by atoms with van der Waals surface area (Å²) in [6.45, 7) is 2.06. The lowest BCUT2D eigenvalue weighted by atomic mass is 10.0. The zero-order valence-corrected chi connectivity index (χ0v) is 16.0. The quantitative estimate of drug-likeness (QED) is 0.653. The summed E-state index contributed by atoms with van der Waals surface area (Å²) in [5, 5.41) is 11.4. The number of thioether (sulfide) groups is 1. The largest absolute Gasteiger partial charge is 0.378 e. The van der Waals surface area contributed by atoms with Crippen molar-refractivity contribution >= 4 is 34.7 Å². The van der Waals surface area contributed by atoms with E-state index in [4.69, 9.17) is 0 Å². The molecule has 0 bridgehead atoms. The van der Waals surface area contributed by atoms with E-state index in [0.717, 1.165) is 11.3 Å². The molecule has 1 heterocycles. The second kappa shape index (κ2) is 8.19. The molecule has 1 amide bonds. The molecule has 1 N–H and O–H groups in total. The summed E-state index contributed by atoms with van der Waals surface area (Å²) >= 11 is 1.43. The summed E-state index contributed by atoms with van der Waals surface area (Å²) < 4.78 is 0. The fraction of sp³-hybridized carbons (Fsp3) is 0.250. The van der Waals surface area contributed by atoms with E-state index in [1.54, 1.807) is 6.21 Å². The van der Waals surface area contributed by atoms with Gasteiger partial charge >= 0.3 is 0 Å². The molecular weight excluding hydrogens is 344 g/mol. The number of hydrogen-bond acceptors (Lipinski definition) is 5. The van der Waals surface area contributed by atoms with Gasteiger partial charge in [-0.25, -0.2) is 0 Å². The maximum atomic E-state index is 12.2. The summed E-state index contributed by atoms with van der Waals surface area (Å²) in [7, 11) is 4.00. The Morgan fingerprint density at radius 2 is 1.88 bits per heavy atom. The van der Waals surface area contributed by atoms with Crippen molar-refractivity contribution in [3.8, 4) is 0 Å². The number of nitrogens with zero attached hydrogens (tertiary/aromatic N) is 3. The summed E-state index contributed by atoms with van der Waals surface area (Å²) in [4.78, 5) is 14.2. The molecule has 1 atom stereocenters. The van der Waals surface area contributed by atoms with Gasteiger partial charge in [0, 0.05) is 19.8 Å². The number of carbonyl (C=O) groups excluding carboxylic acids is 1. The molecule has 0 aliphatic carbocycles. The van der Waals surface area contributed by atoms with Gasteiger partial charge in [-0.3, -0.25) is 4.79 Å². The molecule has 6 heteroatoms. The Bertz CT molecular complexity index is 843. The maximum Gasteiger partial charge on any atom is 0.239 e. The highest BCUT2D eigenvalue weighted by atomic mass is 32.2. The topological polar surface area (TPSA) is 57.1 Å². The third kappa shape index (κ3) is 4.52. The van der Waals surface area contributed by atoms with Crippen LogP contribution in [0.4, 0.5) is 5.69 Å². The van der Waals surface area contributed by atoms with Crippen molar-refractivity contribution in [1.82, 2.24) is 5.32 Å². The summed E-state index contributed by atoms with van der Waals surface area (Å²) in [6.07, 6.45) is 2.38. The predicted octanol–water partition coefficient (Wildman–Crippen LogP) is 3.23. The number of rotatable bonds is 5. The number of hydrogen-bond donors (Lipinski definition) is 1. The number of carbonyl (C=O) groups is 1. The minimum absolute atomic E-state index is 0.0115. The van der Waals surface area contributed by atoms with Gasteiger partial charge in [0.1, 0.15) is 0 Å². The smallest absolute Gasteiger partial charge is 0.239 e. The SMILES string of the molecule is Cc1ccccc1C[C@H]1S/C(=N/N=C\c2ccc(N(C)C)cc2)NC1=O. The van der Waals surface area contributed by atoms with Crippen LogP contribution in [0.3, 0.4) is 0 Å². The van der Waals surface area contributed by atoms with Gasteiger partial charge in [0.15, 0.2) is 5.17 Å². The van der Waals surface area contributed by atoms with Gasteiger partial charge in [-0.05, 0) is 42.2 Å². The first-order chi connectivity index (χ1) is 12.5. The first-order valence-corrected chi connectivity index (χ1v) is 9.31. The second-order valence-electron chi connectivity index (χ2n) is 6.36. The standard InChI is InChI=1S/C20H22N4OS/c1-14-6-4-5-7-16(14)12-18-19(25)22-20(26-18)23-21-13-15-8-10-17(11-9-15)24(2)3/h4-11,13,18H,12H2,1-3H3,(H,22,23,25)/b21-13-/t18-/m1/s1. The van der Waals surface area contributed by atoms with Crippen LogP contribution >= 0.6 is 11.8 Å². The van der Waals surface area contributed by atoms with Gasteiger partial charge in [0.25, 0.3) is 0 Å². The molecule has 0 radical (unpaired) electrons. The normalized spacial score (nSPS) is 18.5. The molecule has 0 aromatic heterocycles. The number of benzene rings is 2. The van der Waals surface area contributed by atoms with Crippen LogP contribution in [0.2, 0.25) is 0 Å².